The van der Waals surface area contributed by atoms with Crippen molar-refractivity contribution in [2.24, 2.45) is 13.0 Å². The molecule has 1 unspecified atom stereocenters. The van der Waals surface area contributed by atoms with Crippen LogP contribution in [0.3, 0.4) is 0 Å². The van der Waals surface area contributed by atoms with E-state index in [2.05, 4.69) is 32.6 Å². The van der Waals surface area contributed by atoms with E-state index in [0.29, 0.717) is 17.5 Å². The maximum absolute atomic E-state index is 13.9. The molecule has 3 fully saturated rings. The van der Waals surface area contributed by atoms with E-state index >= 15 is 0 Å². The number of halogens is 3. The zero-order chi connectivity index (χ0) is 36.7. The third-order valence-electron chi connectivity index (χ3n) is 11.1. The number of carbonyl (C=O) groups is 3. The van der Waals surface area contributed by atoms with Crippen LogP contribution in [0.2, 0.25) is 0 Å². The highest BCUT2D eigenvalue weighted by Crippen LogP contribution is 2.36. The standard InChI is InChI=1S/C37H43F3N8O4/c1-44(20-22-9-11-26(12-10-22)47-21-27(32(43-47)34(39)40)41-35(50)23-5-3-6-24(38)19-23)25-15-17-46(18-16-25)28-7-4-8-29-33(28)45(2)37(52)48(29)30-13-14-31(49)42-36(30)51/h3-8,19,21-22,25-26,30,34H,9-18,20H2,1-2H3,(H,41,50)(H,42,49,51)/t22-,26-,30?. The number of hydrogen-bond donors (Lipinski definition) is 2. The summed E-state index contributed by atoms with van der Waals surface area (Å²) in [5.41, 5.74) is 1.60. The van der Waals surface area contributed by atoms with Gasteiger partial charge in [0.15, 0.2) is 5.69 Å². The monoisotopic (exact) mass is 720 g/mol. The highest BCUT2D eigenvalue weighted by atomic mass is 19.3. The van der Waals surface area contributed by atoms with E-state index in [1.54, 1.807) is 16.3 Å². The maximum atomic E-state index is 13.9. The molecule has 2 aliphatic heterocycles. The second-order valence-corrected chi connectivity index (χ2v) is 14.3. The first-order valence-electron chi connectivity index (χ1n) is 17.9. The first kappa shape index (κ1) is 35.5. The number of carbonyl (C=O) groups excluding carboxylic acids is 3. The largest absolute Gasteiger partial charge is 0.370 e. The average Bonchev–Trinajstić information content (AvgIpc) is 3.67. The molecule has 2 saturated heterocycles. The number of rotatable bonds is 9. The van der Waals surface area contributed by atoms with Crippen molar-refractivity contribution >= 4 is 40.1 Å². The lowest BCUT2D eigenvalue weighted by Crippen LogP contribution is -2.45. The van der Waals surface area contributed by atoms with Gasteiger partial charge in [0, 0.05) is 50.9 Å². The second-order valence-electron chi connectivity index (χ2n) is 14.3. The van der Waals surface area contributed by atoms with Gasteiger partial charge >= 0.3 is 5.69 Å². The van der Waals surface area contributed by atoms with Crippen LogP contribution >= 0.6 is 0 Å². The first-order chi connectivity index (χ1) is 25.0. The summed E-state index contributed by atoms with van der Waals surface area (Å²) in [5, 5.41) is 9.02. The molecular formula is C37H43F3N8O4. The molecule has 3 amide bonds. The fourth-order valence-corrected chi connectivity index (χ4v) is 8.27. The number of piperidine rings is 2. The van der Waals surface area contributed by atoms with Gasteiger partial charge in [-0.3, -0.25) is 33.5 Å². The minimum absolute atomic E-state index is 0.0364. The Labute approximate surface area is 298 Å². The lowest BCUT2D eigenvalue weighted by Gasteiger charge is -2.40. The van der Waals surface area contributed by atoms with Gasteiger partial charge in [0.05, 0.1) is 28.5 Å². The van der Waals surface area contributed by atoms with E-state index in [-0.39, 0.29) is 41.7 Å². The number of anilines is 2. The summed E-state index contributed by atoms with van der Waals surface area (Å²) in [4.78, 5) is 55.2. The Hall–Kier alpha value is -4.92. The van der Waals surface area contributed by atoms with Crippen molar-refractivity contribution in [2.75, 3.05) is 36.9 Å². The Bertz CT molecular complexity index is 2040. The zero-order valence-corrected chi connectivity index (χ0v) is 29.2. The Morgan fingerprint density at radius 1 is 1.02 bits per heavy atom. The van der Waals surface area contributed by atoms with Gasteiger partial charge in [-0.15, -0.1) is 0 Å². The summed E-state index contributed by atoms with van der Waals surface area (Å²) in [6, 6.07) is 10.4. The van der Waals surface area contributed by atoms with Gasteiger partial charge in [-0.05, 0) is 88.2 Å². The number of nitrogens with zero attached hydrogens (tertiary/aromatic N) is 6. The third-order valence-corrected chi connectivity index (χ3v) is 11.1. The van der Waals surface area contributed by atoms with Crippen molar-refractivity contribution in [1.29, 1.82) is 0 Å². The van der Waals surface area contributed by atoms with Crippen molar-refractivity contribution in [3.8, 4) is 0 Å². The molecule has 4 aromatic rings. The highest BCUT2D eigenvalue weighted by molar-refractivity contribution is 6.04. The molecule has 1 aliphatic carbocycles. The molecule has 52 heavy (non-hydrogen) atoms. The van der Waals surface area contributed by atoms with Crippen molar-refractivity contribution in [2.45, 2.75) is 75.9 Å². The van der Waals surface area contributed by atoms with Crippen LogP contribution in [-0.4, -0.2) is 74.3 Å². The molecule has 4 heterocycles. The molecule has 0 spiro atoms. The zero-order valence-electron chi connectivity index (χ0n) is 29.2. The Morgan fingerprint density at radius 2 is 1.75 bits per heavy atom. The quantitative estimate of drug-likeness (QED) is 0.229. The Kier molecular flexibility index (Phi) is 9.96. The highest BCUT2D eigenvalue weighted by Gasteiger charge is 2.33. The minimum atomic E-state index is -2.88. The first-order valence-corrected chi connectivity index (χ1v) is 17.9. The van der Waals surface area contributed by atoms with Gasteiger partial charge in [0.1, 0.15) is 11.9 Å². The summed E-state index contributed by atoms with van der Waals surface area (Å²) in [5.74, 6) is -1.59. The van der Waals surface area contributed by atoms with Gasteiger partial charge < -0.3 is 15.1 Å². The lowest BCUT2D eigenvalue weighted by atomic mass is 9.85. The number of hydrogen-bond acceptors (Lipinski definition) is 7. The van der Waals surface area contributed by atoms with Crippen molar-refractivity contribution in [1.82, 2.24) is 29.1 Å². The fraction of sp³-hybridized carbons (Fsp3) is 0.486. The van der Waals surface area contributed by atoms with Crippen LogP contribution in [0.15, 0.2) is 53.5 Å². The summed E-state index contributed by atoms with van der Waals surface area (Å²) in [6.45, 7) is 2.54. The molecule has 3 aliphatic rings. The average molecular weight is 721 g/mol. The molecule has 2 N–H and O–H groups in total. The smallest absolute Gasteiger partial charge is 0.329 e. The normalized spacial score (nSPS) is 21.7. The molecule has 7 rings (SSSR count). The number of para-hydroxylation sites is 1. The summed E-state index contributed by atoms with van der Waals surface area (Å²) >= 11 is 0. The van der Waals surface area contributed by atoms with E-state index in [4.69, 9.17) is 0 Å². The van der Waals surface area contributed by atoms with E-state index < -0.39 is 35.8 Å². The van der Waals surface area contributed by atoms with Crippen LogP contribution < -0.4 is 21.2 Å². The maximum Gasteiger partial charge on any atom is 0.329 e. The van der Waals surface area contributed by atoms with Gasteiger partial charge in [-0.2, -0.15) is 5.10 Å². The van der Waals surface area contributed by atoms with Crippen LogP contribution in [0.25, 0.3) is 11.0 Å². The predicted octanol–water partition coefficient (Wildman–Crippen LogP) is 5.18. The lowest BCUT2D eigenvalue weighted by molar-refractivity contribution is -0.135. The van der Waals surface area contributed by atoms with Crippen molar-refractivity contribution < 1.29 is 27.6 Å². The molecular weight excluding hydrogens is 677 g/mol. The van der Waals surface area contributed by atoms with Crippen LogP contribution in [-0.2, 0) is 16.6 Å². The number of imidazole rings is 1. The number of imide groups is 1. The summed E-state index contributed by atoms with van der Waals surface area (Å²) in [6.07, 6.45) is 4.35. The van der Waals surface area contributed by atoms with Gasteiger partial charge in [-0.25, -0.2) is 18.0 Å². The molecule has 2 aromatic heterocycles. The van der Waals surface area contributed by atoms with Gasteiger partial charge in [0.2, 0.25) is 11.8 Å². The number of aromatic nitrogens is 4. The van der Waals surface area contributed by atoms with Crippen molar-refractivity contribution in [3.63, 3.8) is 0 Å². The molecule has 276 valence electrons. The molecule has 0 radical (unpaired) electrons. The number of nitrogens with one attached hydrogen (secondary N) is 2. The summed E-state index contributed by atoms with van der Waals surface area (Å²) in [7, 11) is 3.88. The molecule has 1 atom stereocenters. The second kappa shape index (κ2) is 14.6. The Morgan fingerprint density at radius 3 is 2.44 bits per heavy atom. The number of benzene rings is 2. The van der Waals surface area contributed by atoms with Crippen LogP contribution in [0, 0.1) is 11.7 Å². The number of aryl methyl sites for hydroxylation is 1. The van der Waals surface area contributed by atoms with E-state index in [1.807, 2.05) is 18.2 Å². The summed E-state index contributed by atoms with van der Waals surface area (Å²) < 4.78 is 46.1. The van der Waals surface area contributed by atoms with Gasteiger partial charge in [0.25, 0.3) is 12.3 Å². The van der Waals surface area contributed by atoms with Crippen LogP contribution in [0.1, 0.15) is 85.9 Å². The van der Waals surface area contributed by atoms with Crippen LogP contribution in [0.4, 0.5) is 24.5 Å². The van der Waals surface area contributed by atoms with Crippen LogP contribution in [0.5, 0.6) is 0 Å². The Balaban J connectivity index is 0.943. The fourth-order valence-electron chi connectivity index (χ4n) is 8.27. The number of alkyl halides is 2. The molecule has 1 saturated carbocycles. The minimum Gasteiger partial charge on any atom is -0.370 e. The van der Waals surface area contributed by atoms with Gasteiger partial charge in [-0.1, -0.05) is 12.1 Å². The molecule has 12 nitrogen and oxygen atoms in total. The third kappa shape index (κ3) is 6.97. The van der Waals surface area contributed by atoms with E-state index in [1.165, 1.54) is 29.0 Å². The van der Waals surface area contributed by atoms with E-state index in [9.17, 15) is 32.3 Å². The molecule has 15 heteroatoms. The predicted molar refractivity (Wildman–Crippen MR) is 189 cm³/mol. The number of amides is 3. The van der Waals surface area contributed by atoms with Crippen molar-refractivity contribution in [3.05, 3.63) is 76.2 Å². The molecule has 0 bridgehead atoms. The van der Waals surface area contributed by atoms with E-state index in [0.717, 1.165) is 75.4 Å². The molecule has 2 aromatic carbocycles. The topological polar surface area (TPSA) is 126 Å². The number of fused-ring (bicyclic) bond motifs is 1. The SMILES string of the molecule is CN(C[C@H]1CC[C@H](n2cc(NC(=O)c3cccc(F)c3)c(C(F)F)n2)CC1)C1CCN(c2cccc3c2n(C)c(=O)n3C2CCC(=O)NC2=O)CC1.